The summed E-state index contributed by atoms with van der Waals surface area (Å²) in [5, 5.41) is 10.1. The lowest BCUT2D eigenvalue weighted by Gasteiger charge is -1.97. The largest absolute Gasteiger partial charge is 0.338 e. The summed E-state index contributed by atoms with van der Waals surface area (Å²) in [6.07, 6.45) is 0. The molecule has 0 aliphatic heterocycles. The number of fused-ring (bicyclic) bond motifs is 3. The fourth-order valence-corrected chi connectivity index (χ4v) is 2.77. The number of nitrogens with zero attached hydrogens (tertiary/aromatic N) is 3. The summed E-state index contributed by atoms with van der Waals surface area (Å²) in [7, 11) is 0. The molecule has 4 nitrogen and oxygen atoms in total. The lowest BCUT2D eigenvalue weighted by Crippen LogP contribution is -1.92. The zero-order chi connectivity index (χ0) is 13.4. The maximum atomic E-state index is 4.49. The van der Waals surface area contributed by atoms with Gasteiger partial charge >= 0.3 is 0 Å². The van der Waals surface area contributed by atoms with Gasteiger partial charge in [-0.3, -0.25) is 0 Å². The molecule has 0 aliphatic rings. The fourth-order valence-electron chi connectivity index (χ4n) is 1.78. The summed E-state index contributed by atoms with van der Waals surface area (Å²) in [4.78, 5) is 7.76. The van der Waals surface area contributed by atoms with Crippen molar-refractivity contribution in [3.8, 4) is 0 Å². The first-order valence-corrected chi connectivity index (χ1v) is 7.50. The van der Waals surface area contributed by atoms with E-state index in [-0.39, 0.29) is 0 Å². The maximum absolute atomic E-state index is 4.49. The van der Waals surface area contributed by atoms with Crippen molar-refractivity contribution in [3.63, 3.8) is 0 Å². The molecule has 0 saturated heterocycles. The Hall–Kier alpha value is -1.40. The number of nitrogens with one attached hydrogen (secondary N) is 1. The van der Waals surface area contributed by atoms with Crippen LogP contribution >= 0.6 is 27.7 Å². The van der Waals surface area contributed by atoms with Gasteiger partial charge in [-0.1, -0.05) is 39.8 Å². The number of halogens is 1. The van der Waals surface area contributed by atoms with Crippen molar-refractivity contribution in [3.05, 3.63) is 34.8 Å². The molecule has 2 aromatic heterocycles. The van der Waals surface area contributed by atoms with Crippen LogP contribution in [0.15, 0.2) is 40.0 Å². The van der Waals surface area contributed by atoms with Crippen molar-refractivity contribution in [2.45, 2.75) is 12.1 Å². The Morgan fingerprint density at radius 2 is 2.26 bits per heavy atom. The molecule has 3 aromatic rings. The van der Waals surface area contributed by atoms with Crippen LogP contribution < -0.4 is 0 Å². The Kier molecular flexibility index (Phi) is 3.28. The summed E-state index contributed by atoms with van der Waals surface area (Å²) in [6.45, 7) is 5.85. The van der Waals surface area contributed by atoms with Gasteiger partial charge in [-0.25, -0.2) is 4.98 Å². The van der Waals surface area contributed by atoms with E-state index >= 15 is 0 Å². The molecule has 96 valence electrons. The van der Waals surface area contributed by atoms with Crippen LogP contribution in [0, 0.1) is 0 Å². The molecule has 0 amide bonds. The van der Waals surface area contributed by atoms with Crippen molar-refractivity contribution in [1.82, 2.24) is 20.2 Å². The van der Waals surface area contributed by atoms with Gasteiger partial charge in [-0.15, -0.1) is 10.2 Å². The minimum absolute atomic E-state index is 0.668. The molecule has 6 heteroatoms. The maximum Gasteiger partial charge on any atom is 0.211 e. The number of H-pyrrole nitrogens is 1. The number of thioether (sulfide) groups is 1. The molecule has 0 spiro atoms. The second-order valence-electron chi connectivity index (χ2n) is 4.35. The molecular formula is C13H11BrN4S. The van der Waals surface area contributed by atoms with E-state index in [0.717, 1.165) is 37.9 Å². The van der Waals surface area contributed by atoms with Crippen LogP contribution in [0.5, 0.6) is 0 Å². The SMILES string of the molecule is C=C(C)CSc1nnc2c(n1)[nH]c1cc(Br)ccc12. The van der Waals surface area contributed by atoms with Gasteiger partial charge < -0.3 is 4.98 Å². The molecule has 0 fully saturated rings. The van der Waals surface area contributed by atoms with E-state index in [4.69, 9.17) is 0 Å². The standard InChI is InChI=1S/C13H11BrN4S/c1-7(2)6-19-13-16-12-11(17-18-13)9-4-3-8(14)5-10(9)15-12/h3-5H,1,6H2,2H3,(H,15,16,18). The van der Waals surface area contributed by atoms with Crippen molar-refractivity contribution in [1.29, 1.82) is 0 Å². The molecule has 2 heterocycles. The van der Waals surface area contributed by atoms with Gasteiger partial charge in [0, 0.05) is 15.6 Å². The third kappa shape index (κ3) is 2.50. The molecule has 0 aliphatic carbocycles. The fraction of sp³-hybridized carbons (Fsp3) is 0.154. The number of aromatic nitrogens is 4. The van der Waals surface area contributed by atoms with Crippen LogP contribution in [-0.4, -0.2) is 25.9 Å². The van der Waals surface area contributed by atoms with Crippen LogP contribution in [-0.2, 0) is 0 Å². The second kappa shape index (κ2) is 4.94. The average Bonchev–Trinajstić information content (AvgIpc) is 2.72. The molecule has 0 bridgehead atoms. The van der Waals surface area contributed by atoms with E-state index in [1.54, 1.807) is 11.8 Å². The van der Waals surface area contributed by atoms with E-state index < -0.39 is 0 Å². The van der Waals surface area contributed by atoms with E-state index in [1.165, 1.54) is 0 Å². The van der Waals surface area contributed by atoms with Gasteiger partial charge in [-0.05, 0) is 25.1 Å². The van der Waals surface area contributed by atoms with Gasteiger partial charge in [0.2, 0.25) is 5.16 Å². The number of hydrogen-bond donors (Lipinski definition) is 1. The minimum Gasteiger partial charge on any atom is -0.338 e. The molecule has 3 rings (SSSR count). The molecule has 1 aromatic carbocycles. The van der Waals surface area contributed by atoms with E-state index in [0.29, 0.717) is 5.16 Å². The Morgan fingerprint density at radius 3 is 3.05 bits per heavy atom. The highest BCUT2D eigenvalue weighted by molar-refractivity contribution is 9.10. The zero-order valence-corrected chi connectivity index (χ0v) is 12.7. The predicted molar refractivity (Wildman–Crippen MR) is 82.4 cm³/mol. The number of hydrogen-bond acceptors (Lipinski definition) is 4. The predicted octanol–water partition coefficient (Wildman–Crippen LogP) is 3.94. The van der Waals surface area contributed by atoms with Crippen molar-refractivity contribution < 1.29 is 0 Å². The Bertz CT molecular complexity index is 781. The number of benzene rings is 1. The lowest BCUT2D eigenvalue weighted by molar-refractivity contribution is 0.879. The molecule has 0 atom stereocenters. The number of rotatable bonds is 3. The summed E-state index contributed by atoms with van der Waals surface area (Å²) in [5.41, 5.74) is 3.68. The van der Waals surface area contributed by atoms with E-state index in [2.05, 4.69) is 42.7 Å². The van der Waals surface area contributed by atoms with Crippen molar-refractivity contribution in [2.75, 3.05) is 5.75 Å². The van der Waals surface area contributed by atoms with Gasteiger partial charge in [0.1, 0.15) is 5.52 Å². The highest BCUT2D eigenvalue weighted by Gasteiger charge is 2.09. The summed E-state index contributed by atoms with van der Waals surface area (Å²) < 4.78 is 1.02. The molecule has 1 N–H and O–H groups in total. The van der Waals surface area contributed by atoms with E-state index in [1.807, 2.05) is 25.1 Å². The highest BCUT2D eigenvalue weighted by Crippen LogP contribution is 2.26. The average molecular weight is 335 g/mol. The molecule has 0 unspecified atom stereocenters. The summed E-state index contributed by atoms with van der Waals surface area (Å²) >= 11 is 5.00. The van der Waals surface area contributed by atoms with Crippen LogP contribution in [0.1, 0.15) is 6.92 Å². The normalized spacial score (nSPS) is 11.3. The first-order chi connectivity index (χ1) is 9.13. The molecular weight excluding hydrogens is 324 g/mol. The third-order valence-corrected chi connectivity index (χ3v) is 4.17. The van der Waals surface area contributed by atoms with Crippen LogP contribution in [0.3, 0.4) is 0 Å². The van der Waals surface area contributed by atoms with E-state index in [9.17, 15) is 0 Å². The first-order valence-electron chi connectivity index (χ1n) is 5.72. The third-order valence-electron chi connectivity index (χ3n) is 2.60. The lowest BCUT2D eigenvalue weighted by atomic mass is 10.2. The topological polar surface area (TPSA) is 54.5 Å². The van der Waals surface area contributed by atoms with Gasteiger partial charge in [0.15, 0.2) is 5.65 Å². The molecule has 0 radical (unpaired) electrons. The number of aromatic amines is 1. The van der Waals surface area contributed by atoms with Crippen molar-refractivity contribution in [2.24, 2.45) is 0 Å². The first kappa shape index (κ1) is 12.6. The quantitative estimate of drug-likeness (QED) is 0.582. The smallest absolute Gasteiger partial charge is 0.211 e. The molecule has 0 saturated carbocycles. The monoisotopic (exact) mass is 334 g/mol. The summed E-state index contributed by atoms with van der Waals surface area (Å²) in [6, 6.07) is 6.01. The van der Waals surface area contributed by atoms with Crippen LogP contribution in [0.2, 0.25) is 0 Å². The minimum atomic E-state index is 0.668. The van der Waals surface area contributed by atoms with Crippen molar-refractivity contribution >= 4 is 49.8 Å². The second-order valence-corrected chi connectivity index (χ2v) is 6.21. The molecule has 19 heavy (non-hydrogen) atoms. The summed E-state index contributed by atoms with van der Waals surface area (Å²) in [5.74, 6) is 0.805. The Balaban J connectivity index is 2.08. The Morgan fingerprint density at radius 1 is 1.42 bits per heavy atom. The van der Waals surface area contributed by atoms with Crippen LogP contribution in [0.4, 0.5) is 0 Å². The van der Waals surface area contributed by atoms with Gasteiger partial charge in [0.25, 0.3) is 0 Å². The highest BCUT2D eigenvalue weighted by atomic mass is 79.9. The van der Waals surface area contributed by atoms with Gasteiger partial charge in [0.05, 0.1) is 5.52 Å². The Labute approximate surface area is 122 Å². The van der Waals surface area contributed by atoms with Gasteiger partial charge in [-0.2, -0.15) is 0 Å². The zero-order valence-electron chi connectivity index (χ0n) is 10.3. The van der Waals surface area contributed by atoms with Crippen LogP contribution in [0.25, 0.3) is 22.1 Å².